The molecule has 0 unspecified atom stereocenters. The molecule has 27 heavy (non-hydrogen) atoms. The summed E-state index contributed by atoms with van der Waals surface area (Å²) in [7, 11) is 0. The van der Waals surface area contributed by atoms with E-state index in [9.17, 15) is 9.59 Å². The van der Waals surface area contributed by atoms with E-state index in [0.717, 1.165) is 31.5 Å². The van der Waals surface area contributed by atoms with Gasteiger partial charge in [0.25, 0.3) is 0 Å². The van der Waals surface area contributed by atoms with E-state index in [1.165, 1.54) is 28.7 Å². The van der Waals surface area contributed by atoms with Gasteiger partial charge in [-0.25, -0.2) is 4.98 Å². The second-order valence-corrected chi connectivity index (χ2v) is 8.47. The van der Waals surface area contributed by atoms with E-state index in [-0.39, 0.29) is 11.8 Å². The Balaban J connectivity index is 1.62. The first kappa shape index (κ1) is 19.4. The average molecular weight is 400 g/mol. The zero-order chi connectivity index (χ0) is 19.4. The summed E-state index contributed by atoms with van der Waals surface area (Å²) < 4.78 is 1.82. The van der Waals surface area contributed by atoms with Crippen molar-refractivity contribution in [2.75, 3.05) is 16.4 Å². The number of carbonyl (C=O) groups excluding carboxylic acids is 2. The van der Waals surface area contributed by atoms with Gasteiger partial charge in [-0.1, -0.05) is 36.4 Å². The van der Waals surface area contributed by atoms with Gasteiger partial charge in [0.15, 0.2) is 4.34 Å². The first-order chi connectivity index (χ1) is 12.9. The van der Waals surface area contributed by atoms with Crippen LogP contribution in [0.2, 0.25) is 0 Å². The molecular weight excluding hydrogens is 378 g/mol. The number of anilines is 2. The summed E-state index contributed by atoms with van der Waals surface area (Å²) in [5.74, 6) is 0.227. The Hall–Kier alpha value is -2.38. The topological polar surface area (TPSA) is 71.1 Å². The zero-order valence-corrected chi connectivity index (χ0v) is 17.1. The van der Waals surface area contributed by atoms with E-state index in [1.807, 2.05) is 57.2 Å². The highest BCUT2D eigenvalue weighted by Crippen LogP contribution is 2.31. The fraction of sp³-hybridized carbons (Fsp3) is 0.250. The molecule has 0 radical (unpaired) electrons. The average Bonchev–Trinajstić information content (AvgIpc) is 3.04. The third-order valence-corrected chi connectivity index (χ3v) is 6.12. The van der Waals surface area contributed by atoms with Crippen molar-refractivity contribution in [3.63, 3.8) is 0 Å². The maximum atomic E-state index is 12.2. The van der Waals surface area contributed by atoms with Crippen LogP contribution in [-0.2, 0) is 9.59 Å². The van der Waals surface area contributed by atoms with Crippen LogP contribution in [0.15, 0.2) is 40.7 Å². The Kier molecular flexibility index (Phi) is 6.13. The van der Waals surface area contributed by atoms with E-state index in [4.69, 9.17) is 0 Å². The lowest BCUT2D eigenvalue weighted by molar-refractivity contribution is -0.116. The summed E-state index contributed by atoms with van der Waals surface area (Å²) in [5.41, 5.74) is 4.69. The summed E-state index contributed by atoms with van der Waals surface area (Å²) in [6, 6.07) is 11.6. The summed E-state index contributed by atoms with van der Waals surface area (Å²) in [4.78, 5) is 28.3. The monoisotopic (exact) mass is 399 g/mol. The zero-order valence-electron chi connectivity index (χ0n) is 15.5. The maximum absolute atomic E-state index is 12.2. The van der Waals surface area contributed by atoms with Gasteiger partial charge in [-0.3, -0.25) is 9.59 Å². The molecule has 1 aromatic heterocycles. The van der Waals surface area contributed by atoms with E-state index in [1.54, 1.807) is 0 Å². The number of amides is 2. The molecule has 0 fully saturated rings. The van der Waals surface area contributed by atoms with Crippen LogP contribution in [0, 0.1) is 13.8 Å². The van der Waals surface area contributed by atoms with Crippen molar-refractivity contribution in [3.8, 4) is 0 Å². The van der Waals surface area contributed by atoms with Crippen LogP contribution in [-0.4, -0.2) is 22.6 Å². The Bertz CT molecular complexity index is 998. The number of rotatable bonds is 6. The molecule has 0 aliphatic carbocycles. The summed E-state index contributed by atoms with van der Waals surface area (Å²) >= 11 is 2.93. The Labute approximate surface area is 166 Å². The Morgan fingerprint density at radius 1 is 1.07 bits per heavy atom. The van der Waals surface area contributed by atoms with E-state index < -0.39 is 0 Å². The van der Waals surface area contributed by atoms with Crippen molar-refractivity contribution >= 4 is 56.5 Å². The highest BCUT2D eigenvalue weighted by Gasteiger charge is 2.10. The molecule has 5 nitrogen and oxygen atoms in total. The molecule has 2 amide bonds. The molecule has 0 spiro atoms. The molecule has 140 valence electrons. The fourth-order valence-electron chi connectivity index (χ4n) is 2.56. The van der Waals surface area contributed by atoms with Gasteiger partial charge >= 0.3 is 0 Å². The number of hydrogen-bond acceptors (Lipinski definition) is 5. The molecule has 2 aromatic carbocycles. The molecule has 2 N–H and O–H groups in total. The number of nitrogens with one attached hydrogen (secondary N) is 2. The molecule has 0 aliphatic rings. The van der Waals surface area contributed by atoms with Crippen LogP contribution in [0.1, 0.15) is 24.5 Å². The van der Waals surface area contributed by atoms with Gasteiger partial charge in [-0.2, -0.15) is 0 Å². The van der Waals surface area contributed by atoms with Crippen LogP contribution in [0.25, 0.3) is 10.2 Å². The minimum Gasteiger partial charge on any atom is -0.326 e. The van der Waals surface area contributed by atoms with E-state index in [2.05, 4.69) is 15.6 Å². The number of thioether (sulfide) groups is 1. The fourth-order valence-corrected chi connectivity index (χ4v) is 4.47. The maximum Gasteiger partial charge on any atom is 0.234 e. The first-order valence-electron chi connectivity index (χ1n) is 8.65. The number of hydrogen-bond donors (Lipinski definition) is 2. The number of carbonyl (C=O) groups is 2. The van der Waals surface area contributed by atoms with Gasteiger partial charge in [0.05, 0.1) is 16.0 Å². The SMILES string of the molecule is CCC(=O)Nc1ccc2nc(SCC(=O)Nc3ccc(C)cc3C)sc2c1. The Morgan fingerprint density at radius 2 is 1.89 bits per heavy atom. The Morgan fingerprint density at radius 3 is 2.63 bits per heavy atom. The van der Waals surface area contributed by atoms with E-state index >= 15 is 0 Å². The van der Waals surface area contributed by atoms with Crippen LogP contribution in [0.5, 0.6) is 0 Å². The van der Waals surface area contributed by atoms with Crippen molar-refractivity contribution in [2.45, 2.75) is 31.5 Å². The third kappa shape index (κ3) is 5.08. The van der Waals surface area contributed by atoms with Crippen LogP contribution in [0.4, 0.5) is 11.4 Å². The highest BCUT2D eigenvalue weighted by molar-refractivity contribution is 8.01. The van der Waals surface area contributed by atoms with Crippen LogP contribution in [0.3, 0.4) is 0 Å². The number of fused-ring (bicyclic) bond motifs is 1. The molecule has 3 rings (SSSR count). The molecule has 7 heteroatoms. The van der Waals surface area contributed by atoms with Crippen molar-refractivity contribution < 1.29 is 9.59 Å². The van der Waals surface area contributed by atoms with Crippen molar-refractivity contribution in [3.05, 3.63) is 47.5 Å². The van der Waals surface area contributed by atoms with Crippen LogP contribution < -0.4 is 10.6 Å². The molecular formula is C20H21N3O2S2. The number of benzene rings is 2. The summed E-state index contributed by atoms with van der Waals surface area (Å²) in [6.07, 6.45) is 0.442. The predicted octanol–water partition coefficient (Wildman–Crippen LogP) is 4.99. The van der Waals surface area contributed by atoms with Crippen molar-refractivity contribution in [1.29, 1.82) is 0 Å². The lowest BCUT2D eigenvalue weighted by Gasteiger charge is -2.08. The molecule has 1 heterocycles. The highest BCUT2D eigenvalue weighted by atomic mass is 32.2. The minimum absolute atomic E-state index is 0.0171. The second kappa shape index (κ2) is 8.54. The first-order valence-corrected chi connectivity index (χ1v) is 10.4. The van der Waals surface area contributed by atoms with Crippen molar-refractivity contribution in [2.24, 2.45) is 0 Å². The standard InChI is InChI=1S/C20H21N3O2S2/c1-4-18(24)21-14-6-8-16-17(10-14)27-20(23-16)26-11-19(25)22-15-7-5-12(2)9-13(15)3/h5-10H,4,11H2,1-3H3,(H,21,24)(H,22,25). The summed E-state index contributed by atoms with van der Waals surface area (Å²) in [6.45, 7) is 5.83. The quantitative estimate of drug-likeness (QED) is 0.573. The van der Waals surface area contributed by atoms with Gasteiger partial charge in [0, 0.05) is 17.8 Å². The summed E-state index contributed by atoms with van der Waals surface area (Å²) in [5, 5.41) is 5.80. The lowest BCUT2D eigenvalue weighted by atomic mass is 10.1. The van der Waals surface area contributed by atoms with Crippen molar-refractivity contribution in [1.82, 2.24) is 4.98 Å². The molecule has 0 aliphatic heterocycles. The number of aromatic nitrogens is 1. The smallest absolute Gasteiger partial charge is 0.234 e. The molecule has 0 bridgehead atoms. The van der Waals surface area contributed by atoms with Gasteiger partial charge in [0.1, 0.15) is 0 Å². The van der Waals surface area contributed by atoms with Gasteiger partial charge in [-0.15, -0.1) is 11.3 Å². The molecule has 0 atom stereocenters. The van der Waals surface area contributed by atoms with Crippen LogP contribution >= 0.6 is 23.1 Å². The van der Waals surface area contributed by atoms with Gasteiger partial charge in [0.2, 0.25) is 11.8 Å². The number of thiazole rings is 1. The molecule has 0 saturated carbocycles. The van der Waals surface area contributed by atoms with E-state index in [0.29, 0.717) is 12.2 Å². The second-order valence-electron chi connectivity index (χ2n) is 6.22. The molecule has 0 saturated heterocycles. The molecule has 3 aromatic rings. The minimum atomic E-state index is -0.0536. The predicted molar refractivity (Wildman–Crippen MR) is 114 cm³/mol. The normalized spacial score (nSPS) is 10.8. The van der Waals surface area contributed by atoms with Gasteiger partial charge in [-0.05, 0) is 43.7 Å². The largest absolute Gasteiger partial charge is 0.326 e. The third-order valence-electron chi connectivity index (χ3n) is 3.96. The number of nitrogens with zero attached hydrogens (tertiary/aromatic N) is 1. The van der Waals surface area contributed by atoms with Gasteiger partial charge < -0.3 is 10.6 Å². The lowest BCUT2D eigenvalue weighted by Crippen LogP contribution is -2.14. The number of aryl methyl sites for hydroxylation is 2.